The van der Waals surface area contributed by atoms with Crippen molar-refractivity contribution in [2.45, 2.75) is 49.0 Å². The normalized spacial score (nSPS) is 21.3. The summed E-state index contributed by atoms with van der Waals surface area (Å²) in [5.74, 6) is -0.790. The monoisotopic (exact) mass is 504 g/mol. The average Bonchev–Trinajstić information content (AvgIpc) is 2.75. The summed E-state index contributed by atoms with van der Waals surface area (Å²) in [4.78, 5) is 12.2. The van der Waals surface area contributed by atoms with Crippen LogP contribution in [0, 0.1) is 5.82 Å². The van der Waals surface area contributed by atoms with Crippen LogP contribution in [0.3, 0.4) is 0 Å². The summed E-state index contributed by atoms with van der Waals surface area (Å²) in [5.41, 5.74) is 0.792. The fourth-order valence-electron chi connectivity index (χ4n) is 3.43. The third kappa shape index (κ3) is 6.63. The van der Waals surface area contributed by atoms with Crippen LogP contribution < -0.4 is 10.0 Å². The molecular formula is C21H23Cl2FN2O5S. The predicted molar refractivity (Wildman–Crippen MR) is 118 cm³/mol. The Balaban J connectivity index is 1.52. The molecule has 0 bridgehead atoms. The van der Waals surface area contributed by atoms with Crippen molar-refractivity contribution in [2.75, 3.05) is 6.61 Å². The number of aliphatic hydroxyl groups excluding tert-OH is 1. The highest BCUT2D eigenvalue weighted by atomic mass is 35.5. The van der Waals surface area contributed by atoms with Crippen molar-refractivity contribution >= 4 is 39.1 Å². The number of aliphatic hydroxyl groups is 1. The van der Waals surface area contributed by atoms with Gasteiger partial charge in [-0.15, -0.1) is 0 Å². The van der Waals surface area contributed by atoms with E-state index in [1.54, 1.807) is 18.2 Å². The molecule has 7 nitrogen and oxygen atoms in total. The maximum absolute atomic E-state index is 13.1. The first kappa shape index (κ1) is 24.9. The Morgan fingerprint density at radius 3 is 2.50 bits per heavy atom. The second kappa shape index (κ2) is 10.9. The number of halogens is 3. The molecule has 1 fully saturated rings. The third-order valence-corrected chi connectivity index (χ3v) is 7.36. The molecule has 1 aliphatic heterocycles. The number of carbonyl (C=O) groups excluding carboxylic acids is 1. The van der Waals surface area contributed by atoms with Crippen LogP contribution >= 0.6 is 23.2 Å². The van der Waals surface area contributed by atoms with Crippen molar-refractivity contribution in [3.8, 4) is 0 Å². The Labute approximate surface area is 195 Å². The molecule has 11 heteroatoms. The number of sulfonamides is 1. The molecule has 0 unspecified atom stereocenters. The molecule has 1 aliphatic rings. The van der Waals surface area contributed by atoms with E-state index >= 15 is 0 Å². The lowest BCUT2D eigenvalue weighted by Crippen LogP contribution is -2.51. The van der Waals surface area contributed by atoms with Crippen LogP contribution in [0.25, 0.3) is 0 Å². The third-order valence-electron chi connectivity index (χ3n) is 5.11. The molecule has 0 saturated carbocycles. The lowest BCUT2D eigenvalue weighted by molar-refractivity contribution is -0.130. The zero-order valence-electron chi connectivity index (χ0n) is 16.9. The van der Waals surface area contributed by atoms with Gasteiger partial charge in [-0.1, -0.05) is 29.3 Å². The largest absolute Gasteiger partial charge is 0.394 e. The number of hydrogen-bond donors (Lipinski definition) is 3. The van der Waals surface area contributed by atoms with Gasteiger partial charge in [-0.3, -0.25) is 4.79 Å². The van der Waals surface area contributed by atoms with E-state index in [0.717, 1.165) is 29.8 Å². The first-order chi connectivity index (χ1) is 15.2. The molecule has 0 aliphatic carbocycles. The van der Waals surface area contributed by atoms with E-state index in [4.69, 9.17) is 27.9 Å². The first-order valence-electron chi connectivity index (χ1n) is 9.93. The SMILES string of the molecule is O=C(C[C@@H]1CC[C@H](NS(=O)(=O)c2ccc(F)cc2)[C@H](CO)O1)NCc1ccc(Cl)c(Cl)c1. The number of amides is 1. The van der Waals surface area contributed by atoms with Crippen molar-refractivity contribution < 1.29 is 27.4 Å². The molecule has 0 spiro atoms. The van der Waals surface area contributed by atoms with Gasteiger partial charge in [0.1, 0.15) is 5.82 Å². The topological polar surface area (TPSA) is 105 Å². The molecule has 2 aromatic rings. The van der Waals surface area contributed by atoms with Gasteiger partial charge >= 0.3 is 0 Å². The summed E-state index contributed by atoms with van der Waals surface area (Å²) in [6, 6.07) is 8.84. The molecular weight excluding hydrogens is 482 g/mol. The predicted octanol–water partition coefficient (Wildman–Crippen LogP) is 3.03. The maximum Gasteiger partial charge on any atom is 0.240 e. The molecule has 1 amide bonds. The van der Waals surface area contributed by atoms with Crippen LogP contribution in [0.15, 0.2) is 47.4 Å². The van der Waals surface area contributed by atoms with Gasteiger partial charge in [-0.2, -0.15) is 0 Å². The summed E-state index contributed by atoms with van der Waals surface area (Å²) in [7, 11) is -3.91. The van der Waals surface area contributed by atoms with Gasteiger partial charge in [0.2, 0.25) is 15.9 Å². The quantitative estimate of drug-likeness (QED) is 0.512. The maximum atomic E-state index is 13.1. The molecule has 3 rings (SSSR count). The summed E-state index contributed by atoms with van der Waals surface area (Å²) in [5, 5.41) is 13.3. The zero-order chi connectivity index (χ0) is 23.3. The van der Waals surface area contributed by atoms with Gasteiger partial charge < -0.3 is 15.2 Å². The van der Waals surface area contributed by atoms with E-state index in [9.17, 15) is 22.7 Å². The fraction of sp³-hybridized carbons (Fsp3) is 0.381. The van der Waals surface area contributed by atoms with E-state index < -0.39 is 40.7 Å². The Hall–Kier alpha value is -1.75. The van der Waals surface area contributed by atoms with Crippen LogP contribution in [0.2, 0.25) is 10.0 Å². The first-order valence-corrected chi connectivity index (χ1v) is 12.2. The van der Waals surface area contributed by atoms with E-state index in [0.29, 0.717) is 22.9 Å². The zero-order valence-corrected chi connectivity index (χ0v) is 19.3. The van der Waals surface area contributed by atoms with Gasteiger partial charge in [-0.25, -0.2) is 17.5 Å². The molecule has 0 radical (unpaired) electrons. The number of hydrogen-bond acceptors (Lipinski definition) is 5. The Morgan fingerprint density at radius 2 is 1.84 bits per heavy atom. The number of ether oxygens (including phenoxy) is 1. The van der Waals surface area contributed by atoms with Gasteiger partial charge in [0.15, 0.2) is 0 Å². The molecule has 2 aromatic carbocycles. The standard InChI is InChI=1S/C21H23Cl2FN2O5S/c22-17-7-1-13(9-18(17)23)11-25-21(28)10-15-4-8-19(20(12-27)31-15)26-32(29,30)16-5-2-14(24)3-6-16/h1-3,5-7,9,15,19-20,26-27H,4,8,10-12H2,(H,25,28)/t15-,19-,20-/m0/s1. The van der Waals surface area contributed by atoms with Crippen molar-refractivity contribution in [3.05, 3.63) is 63.9 Å². The van der Waals surface area contributed by atoms with Crippen molar-refractivity contribution in [1.29, 1.82) is 0 Å². The highest BCUT2D eigenvalue weighted by molar-refractivity contribution is 7.89. The van der Waals surface area contributed by atoms with Crippen LogP contribution in [0.1, 0.15) is 24.8 Å². The second-order valence-electron chi connectivity index (χ2n) is 7.47. The molecule has 3 N–H and O–H groups in total. The minimum atomic E-state index is -3.91. The van der Waals surface area contributed by atoms with Gasteiger partial charge in [-0.05, 0) is 54.8 Å². The van der Waals surface area contributed by atoms with Crippen LogP contribution in [-0.4, -0.2) is 44.3 Å². The highest BCUT2D eigenvalue weighted by Gasteiger charge is 2.34. The number of nitrogens with one attached hydrogen (secondary N) is 2. The van der Waals surface area contributed by atoms with E-state index in [1.807, 2.05) is 0 Å². The Bertz CT molecular complexity index is 1050. The van der Waals surface area contributed by atoms with Gasteiger partial charge in [0.05, 0.1) is 46.2 Å². The van der Waals surface area contributed by atoms with Crippen LogP contribution in [-0.2, 0) is 26.1 Å². The smallest absolute Gasteiger partial charge is 0.240 e. The minimum absolute atomic E-state index is 0.0647. The lowest BCUT2D eigenvalue weighted by atomic mass is 9.98. The molecule has 1 saturated heterocycles. The van der Waals surface area contributed by atoms with Gasteiger partial charge in [0.25, 0.3) is 0 Å². The van der Waals surface area contributed by atoms with E-state index in [-0.39, 0.29) is 23.8 Å². The van der Waals surface area contributed by atoms with E-state index in [2.05, 4.69) is 10.0 Å². The summed E-state index contributed by atoms with van der Waals surface area (Å²) in [6.45, 7) is -0.149. The molecule has 0 aromatic heterocycles. The number of carbonyl (C=O) groups is 1. The van der Waals surface area contributed by atoms with Crippen molar-refractivity contribution in [3.63, 3.8) is 0 Å². The second-order valence-corrected chi connectivity index (χ2v) is 10.00. The molecule has 32 heavy (non-hydrogen) atoms. The van der Waals surface area contributed by atoms with Gasteiger partial charge in [0, 0.05) is 6.54 Å². The molecule has 1 heterocycles. The minimum Gasteiger partial charge on any atom is -0.394 e. The summed E-state index contributed by atoms with van der Waals surface area (Å²) >= 11 is 11.8. The molecule has 174 valence electrons. The van der Waals surface area contributed by atoms with Crippen molar-refractivity contribution in [2.24, 2.45) is 0 Å². The van der Waals surface area contributed by atoms with Crippen LogP contribution in [0.5, 0.6) is 0 Å². The lowest BCUT2D eigenvalue weighted by Gasteiger charge is -2.35. The Kier molecular flexibility index (Phi) is 8.49. The van der Waals surface area contributed by atoms with E-state index in [1.165, 1.54) is 0 Å². The van der Waals surface area contributed by atoms with Crippen LogP contribution in [0.4, 0.5) is 4.39 Å². The van der Waals surface area contributed by atoms with Crippen molar-refractivity contribution in [1.82, 2.24) is 10.0 Å². The summed E-state index contributed by atoms with van der Waals surface area (Å²) in [6.07, 6.45) is -0.418. The summed E-state index contributed by atoms with van der Waals surface area (Å²) < 4.78 is 46.4. The number of benzene rings is 2. The number of rotatable bonds is 8. The molecule has 3 atom stereocenters. The average molecular weight is 505 g/mol. The fourth-order valence-corrected chi connectivity index (χ4v) is 5.05. The Morgan fingerprint density at radius 1 is 1.12 bits per heavy atom. The highest BCUT2D eigenvalue weighted by Crippen LogP contribution is 2.24.